The maximum Gasteiger partial charge on any atom is 0.226 e. The fourth-order valence-electron chi connectivity index (χ4n) is 3.55. The van der Waals surface area contributed by atoms with E-state index >= 15 is 0 Å². The number of fused-ring (bicyclic) bond motifs is 1. The second kappa shape index (κ2) is 8.94. The summed E-state index contributed by atoms with van der Waals surface area (Å²) in [7, 11) is 1.99. The molecule has 5 aromatic rings. The maximum atomic E-state index is 6.16. The Morgan fingerprint density at radius 3 is 2.09 bits per heavy atom. The van der Waals surface area contributed by atoms with Gasteiger partial charge in [0.05, 0.1) is 11.3 Å². The van der Waals surface area contributed by atoms with E-state index in [1.165, 1.54) is 0 Å². The number of hydrogen-bond acceptors (Lipinski definition) is 4. The topological polar surface area (TPSA) is 49.2 Å². The van der Waals surface area contributed by atoms with Crippen LogP contribution in [-0.4, -0.2) is 14.5 Å². The highest BCUT2D eigenvalue weighted by Crippen LogP contribution is 2.31. The molecule has 0 aliphatic rings. The highest BCUT2D eigenvalue weighted by molar-refractivity contribution is 5.80. The number of aromatic nitrogens is 3. The minimum atomic E-state index is 0.412. The van der Waals surface area contributed by atoms with Gasteiger partial charge < -0.3 is 14.0 Å². The average molecular weight is 422 g/mol. The third kappa shape index (κ3) is 4.32. The van der Waals surface area contributed by atoms with Gasteiger partial charge in [0.1, 0.15) is 18.9 Å². The number of aryl methyl sites for hydroxylation is 1. The number of benzene rings is 2. The zero-order valence-corrected chi connectivity index (χ0v) is 17.8. The van der Waals surface area contributed by atoms with Gasteiger partial charge in [-0.05, 0) is 35.4 Å². The number of rotatable bonds is 7. The zero-order chi connectivity index (χ0) is 21.8. The summed E-state index contributed by atoms with van der Waals surface area (Å²) < 4.78 is 14.1. The lowest BCUT2D eigenvalue weighted by molar-refractivity contribution is 0.268. The molecule has 3 heterocycles. The first-order chi connectivity index (χ1) is 15.8. The molecule has 0 N–H and O–H groups in total. The predicted molar refractivity (Wildman–Crippen MR) is 125 cm³/mol. The second-order valence-corrected chi connectivity index (χ2v) is 7.59. The van der Waals surface area contributed by atoms with Crippen LogP contribution in [-0.2, 0) is 20.3 Å². The molecule has 0 aliphatic carbocycles. The first kappa shape index (κ1) is 19.8. The minimum Gasteiger partial charge on any atom is -0.473 e. The zero-order valence-electron chi connectivity index (χ0n) is 17.8. The van der Waals surface area contributed by atoms with Crippen LogP contribution in [0.3, 0.4) is 0 Å². The van der Waals surface area contributed by atoms with Crippen molar-refractivity contribution in [1.29, 1.82) is 0 Å². The van der Waals surface area contributed by atoms with E-state index in [4.69, 9.17) is 14.5 Å². The Labute approximate surface area is 186 Å². The van der Waals surface area contributed by atoms with E-state index in [2.05, 4.69) is 17.1 Å². The van der Waals surface area contributed by atoms with Crippen LogP contribution in [0, 0.1) is 0 Å². The highest BCUT2D eigenvalue weighted by atomic mass is 16.5. The van der Waals surface area contributed by atoms with Crippen LogP contribution in [0.2, 0.25) is 0 Å². The van der Waals surface area contributed by atoms with Gasteiger partial charge in [0, 0.05) is 24.7 Å². The summed E-state index contributed by atoms with van der Waals surface area (Å²) in [5.74, 6) is 1.01. The highest BCUT2D eigenvalue weighted by Gasteiger charge is 2.14. The lowest BCUT2D eigenvalue weighted by Gasteiger charge is -2.13. The molecule has 32 heavy (non-hydrogen) atoms. The average Bonchev–Trinajstić information content (AvgIpc) is 3.23. The standard InChI is InChI=1S/C27H23N3O2/c1-30-17-16-22-12-14-24(28-26(22)30)23-13-15-25(31-18-20-8-4-2-5-9-20)29-27(23)32-19-21-10-6-3-7-11-21/h2-17H,18-19H2,1H3. The summed E-state index contributed by atoms with van der Waals surface area (Å²) in [6.45, 7) is 0.855. The van der Waals surface area contributed by atoms with Crippen LogP contribution < -0.4 is 9.47 Å². The first-order valence-electron chi connectivity index (χ1n) is 10.5. The molecule has 0 fully saturated rings. The van der Waals surface area contributed by atoms with E-state index in [-0.39, 0.29) is 0 Å². The Bertz CT molecular complexity index is 1330. The molecular formula is C27H23N3O2. The Hall–Kier alpha value is -4.12. The lowest BCUT2D eigenvalue weighted by atomic mass is 10.1. The van der Waals surface area contributed by atoms with E-state index in [0.29, 0.717) is 25.0 Å². The van der Waals surface area contributed by atoms with Crippen LogP contribution in [0.5, 0.6) is 11.8 Å². The first-order valence-corrected chi connectivity index (χ1v) is 10.5. The molecule has 0 saturated carbocycles. The summed E-state index contributed by atoms with van der Waals surface area (Å²) in [6.07, 6.45) is 2.01. The van der Waals surface area contributed by atoms with Gasteiger partial charge in [-0.25, -0.2) is 4.98 Å². The maximum absolute atomic E-state index is 6.16. The van der Waals surface area contributed by atoms with Crippen molar-refractivity contribution in [3.8, 4) is 23.0 Å². The van der Waals surface area contributed by atoms with E-state index in [0.717, 1.165) is 33.4 Å². The quantitative estimate of drug-likeness (QED) is 0.334. The summed E-state index contributed by atoms with van der Waals surface area (Å²) in [4.78, 5) is 9.52. The molecule has 5 heteroatoms. The van der Waals surface area contributed by atoms with Gasteiger partial charge in [0.25, 0.3) is 0 Å². The molecule has 0 bridgehead atoms. The van der Waals surface area contributed by atoms with Crippen LogP contribution in [0.25, 0.3) is 22.3 Å². The van der Waals surface area contributed by atoms with Crippen molar-refractivity contribution in [3.63, 3.8) is 0 Å². The molecule has 5 rings (SSSR count). The van der Waals surface area contributed by atoms with Gasteiger partial charge in [-0.1, -0.05) is 60.7 Å². The van der Waals surface area contributed by atoms with Crippen LogP contribution >= 0.6 is 0 Å². The molecule has 0 spiro atoms. The van der Waals surface area contributed by atoms with Gasteiger partial charge in [-0.15, -0.1) is 0 Å². The lowest BCUT2D eigenvalue weighted by Crippen LogP contribution is -2.03. The second-order valence-electron chi connectivity index (χ2n) is 7.59. The molecule has 158 valence electrons. The van der Waals surface area contributed by atoms with E-state index < -0.39 is 0 Å². The molecule has 0 saturated heterocycles. The van der Waals surface area contributed by atoms with E-state index in [1.54, 1.807) is 0 Å². The smallest absolute Gasteiger partial charge is 0.226 e. The Morgan fingerprint density at radius 1 is 0.688 bits per heavy atom. The Morgan fingerprint density at radius 2 is 1.38 bits per heavy atom. The molecule has 0 amide bonds. The SMILES string of the molecule is Cn1ccc2ccc(-c3ccc(OCc4ccccc4)nc3OCc3ccccc3)nc21. The van der Waals surface area contributed by atoms with E-state index in [9.17, 15) is 0 Å². The Balaban J connectivity index is 1.46. The number of nitrogens with zero attached hydrogens (tertiary/aromatic N) is 3. The minimum absolute atomic E-state index is 0.412. The molecule has 0 atom stereocenters. The third-order valence-corrected chi connectivity index (χ3v) is 5.28. The van der Waals surface area contributed by atoms with Crippen molar-refractivity contribution in [2.45, 2.75) is 13.2 Å². The number of ether oxygens (including phenoxy) is 2. The number of hydrogen-bond donors (Lipinski definition) is 0. The van der Waals surface area contributed by atoms with Crippen molar-refractivity contribution in [1.82, 2.24) is 14.5 Å². The fraction of sp³-hybridized carbons (Fsp3) is 0.111. The third-order valence-electron chi connectivity index (χ3n) is 5.28. The van der Waals surface area contributed by atoms with E-state index in [1.807, 2.05) is 96.7 Å². The van der Waals surface area contributed by atoms with Gasteiger partial charge in [0.15, 0.2) is 0 Å². The summed E-state index contributed by atoms with van der Waals surface area (Å²) in [5, 5.41) is 1.10. The van der Waals surface area contributed by atoms with Crippen molar-refractivity contribution < 1.29 is 9.47 Å². The molecule has 3 aromatic heterocycles. The van der Waals surface area contributed by atoms with Gasteiger partial charge in [-0.2, -0.15) is 4.98 Å². The van der Waals surface area contributed by atoms with Crippen LogP contribution in [0.1, 0.15) is 11.1 Å². The summed E-state index contributed by atoms with van der Waals surface area (Å²) >= 11 is 0. The molecular weight excluding hydrogens is 398 g/mol. The molecule has 2 aromatic carbocycles. The molecule has 5 nitrogen and oxygen atoms in total. The van der Waals surface area contributed by atoms with Gasteiger partial charge in [0.2, 0.25) is 11.8 Å². The van der Waals surface area contributed by atoms with Gasteiger partial charge >= 0.3 is 0 Å². The summed E-state index contributed by atoms with van der Waals surface area (Å²) in [6, 6.07) is 30.0. The summed E-state index contributed by atoms with van der Waals surface area (Å²) in [5.41, 5.74) is 4.71. The Kier molecular flexibility index (Phi) is 5.54. The predicted octanol–water partition coefficient (Wildman–Crippen LogP) is 5.79. The van der Waals surface area contributed by atoms with Crippen molar-refractivity contribution in [2.75, 3.05) is 0 Å². The van der Waals surface area contributed by atoms with Crippen molar-refractivity contribution in [2.24, 2.45) is 7.05 Å². The van der Waals surface area contributed by atoms with Gasteiger partial charge in [-0.3, -0.25) is 0 Å². The monoisotopic (exact) mass is 421 g/mol. The van der Waals surface area contributed by atoms with Crippen LogP contribution in [0.15, 0.2) is 97.2 Å². The van der Waals surface area contributed by atoms with Crippen molar-refractivity contribution in [3.05, 3.63) is 108 Å². The fourth-order valence-corrected chi connectivity index (χ4v) is 3.55. The normalized spacial score (nSPS) is 10.9. The molecule has 0 radical (unpaired) electrons. The van der Waals surface area contributed by atoms with Crippen molar-refractivity contribution >= 4 is 11.0 Å². The molecule has 0 unspecified atom stereocenters. The molecule has 0 aliphatic heterocycles. The number of pyridine rings is 2. The largest absolute Gasteiger partial charge is 0.473 e. The van der Waals surface area contributed by atoms with Crippen LogP contribution in [0.4, 0.5) is 0 Å².